The van der Waals surface area contributed by atoms with E-state index >= 15 is 0 Å². The first-order valence-electron chi connectivity index (χ1n) is 5.86. The van der Waals surface area contributed by atoms with Gasteiger partial charge in [0, 0.05) is 5.56 Å². The maximum Gasteiger partial charge on any atom is 0.226 e. The number of halogens is 1. The highest BCUT2D eigenvalue weighted by molar-refractivity contribution is 6.28. The molecule has 2 heterocycles. The Hall–Kier alpha value is -2.47. The lowest BCUT2D eigenvalue weighted by molar-refractivity contribution is 0.112. The van der Waals surface area contributed by atoms with Crippen LogP contribution in [-0.2, 0) is 6.54 Å². The predicted molar refractivity (Wildman–Crippen MR) is 75.7 cm³/mol. The lowest BCUT2D eigenvalue weighted by Crippen LogP contribution is -2.04. The molecule has 3 rings (SSSR count). The van der Waals surface area contributed by atoms with Crippen LogP contribution in [0.15, 0.2) is 30.5 Å². The minimum Gasteiger partial charge on any atom is -0.383 e. The van der Waals surface area contributed by atoms with E-state index in [-0.39, 0.29) is 5.28 Å². The van der Waals surface area contributed by atoms with Crippen molar-refractivity contribution in [3.8, 4) is 0 Å². The van der Waals surface area contributed by atoms with E-state index in [1.54, 1.807) is 23.0 Å². The van der Waals surface area contributed by atoms with Crippen molar-refractivity contribution in [1.82, 2.24) is 19.7 Å². The summed E-state index contributed by atoms with van der Waals surface area (Å²) in [6.07, 6.45) is 2.41. The number of nitrogen functional groups attached to an aromatic ring is 1. The second-order valence-electron chi connectivity index (χ2n) is 4.28. The molecule has 0 radical (unpaired) electrons. The topological polar surface area (TPSA) is 86.7 Å². The fourth-order valence-electron chi connectivity index (χ4n) is 2.00. The van der Waals surface area contributed by atoms with Crippen LogP contribution in [0, 0.1) is 0 Å². The van der Waals surface area contributed by atoms with Crippen molar-refractivity contribution in [2.24, 2.45) is 0 Å². The number of benzene rings is 1. The van der Waals surface area contributed by atoms with E-state index in [2.05, 4.69) is 15.1 Å². The number of hydrogen-bond donors (Lipinski definition) is 1. The van der Waals surface area contributed by atoms with Crippen LogP contribution in [0.1, 0.15) is 15.9 Å². The number of carbonyl (C=O) groups is 1. The normalized spacial score (nSPS) is 10.8. The molecule has 0 unspecified atom stereocenters. The Morgan fingerprint density at radius 3 is 3.00 bits per heavy atom. The summed E-state index contributed by atoms with van der Waals surface area (Å²) in [7, 11) is 0. The number of hydrogen-bond acceptors (Lipinski definition) is 5. The molecule has 0 saturated heterocycles. The summed E-state index contributed by atoms with van der Waals surface area (Å²) in [5.74, 6) is 0.299. The second kappa shape index (κ2) is 4.90. The fraction of sp³-hybridized carbons (Fsp3) is 0.0769. The van der Waals surface area contributed by atoms with Gasteiger partial charge in [0.15, 0.2) is 5.65 Å². The SMILES string of the molecule is Nc1nc(Cl)nc2c1cnn2Cc1cccc(C=O)c1. The molecule has 0 aliphatic rings. The third kappa shape index (κ3) is 2.21. The molecule has 100 valence electrons. The van der Waals surface area contributed by atoms with Gasteiger partial charge in [-0.2, -0.15) is 10.1 Å². The first-order valence-corrected chi connectivity index (χ1v) is 6.24. The number of carbonyl (C=O) groups excluding carboxylic acids is 1. The molecule has 0 atom stereocenters. The summed E-state index contributed by atoms with van der Waals surface area (Å²) in [6, 6.07) is 7.27. The van der Waals surface area contributed by atoms with Gasteiger partial charge < -0.3 is 5.73 Å². The molecule has 1 aromatic carbocycles. The molecule has 0 aliphatic carbocycles. The first-order chi connectivity index (χ1) is 9.67. The Bertz CT molecular complexity index is 799. The maximum atomic E-state index is 10.8. The number of nitrogens with zero attached hydrogens (tertiary/aromatic N) is 4. The first kappa shape index (κ1) is 12.6. The molecule has 0 spiro atoms. The molecule has 0 amide bonds. The lowest BCUT2D eigenvalue weighted by Gasteiger charge is -2.04. The Kier molecular flexibility index (Phi) is 3.08. The summed E-state index contributed by atoms with van der Waals surface area (Å²) in [4.78, 5) is 18.8. The molecule has 0 fully saturated rings. The standard InChI is InChI=1S/C13H10ClN5O/c14-13-17-11(15)10-5-16-19(12(10)18-13)6-8-2-1-3-9(4-8)7-20/h1-5,7H,6H2,(H2,15,17,18). The Morgan fingerprint density at radius 1 is 1.35 bits per heavy atom. The van der Waals surface area contributed by atoms with Crippen molar-refractivity contribution in [1.29, 1.82) is 0 Å². The van der Waals surface area contributed by atoms with Crippen LogP contribution < -0.4 is 5.73 Å². The number of aromatic nitrogens is 4. The van der Waals surface area contributed by atoms with Crippen molar-refractivity contribution in [3.63, 3.8) is 0 Å². The summed E-state index contributed by atoms with van der Waals surface area (Å²) in [6.45, 7) is 0.470. The highest BCUT2D eigenvalue weighted by Crippen LogP contribution is 2.20. The highest BCUT2D eigenvalue weighted by atomic mass is 35.5. The van der Waals surface area contributed by atoms with Gasteiger partial charge in [0.2, 0.25) is 5.28 Å². The van der Waals surface area contributed by atoms with E-state index in [0.29, 0.717) is 29.0 Å². The van der Waals surface area contributed by atoms with Crippen molar-refractivity contribution >= 4 is 34.7 Å². The average Bonchev–Trinajstić information content (AvgIpc) is 2.82. The third-order valence-electron chi connectivity index (χ3n) is 2.92. The van der Waals surface area contributed by atoms with Gasteiger partial charge >= 0.3 is 0 Å². The van der Waals surface area contributed by atoms with Crippen LogP contribution in [0.25, 0.3) is 11.0 Å². The van der Waals surface area contributed by atoms with Crippen LogP contribution in [0.5, 0.6) is 0 Å². The van der Waals surface area contributed by atoms with Crippen molar-refractivity contribution in [3.05, 3.63) is 46.9 Å². The highest BCUT2D eigenvalue weighted by Gasteiger charge is 2.10. The van der Waals surface area contributed by atoms with E-state index in [1.807, 2.05) is 12.1 Å². The van der Waals surface area contributed by atoms with Gasteiger partial charge in [0.1, 0.15) is 12.1 Å². The summed E-state index contributed by atoms with van der Waals surface area (Å²) < 4.78 is 1.67. The van der Waals surface area contributed by atoms with E-state index in [0.717, 1.165) is 11.8 Å². The predicted octanol–water partition coefficient (Wildman–Crippen LogP) is 1.92. The van der Waals surface area contributed by atoms with Crippen LogP contribution in [0.4, 0.5) is 5.82 Å². The molecule has 20 heavy (non-hydrogen) atoms. The number of aldehydes is 1. The molecule has 2 aromatic heterocycles. The zero-order chi connectivity index (χ0) is 14.1. The fourth-order valence-corrected chi connectivity index (χ4v) is 2.17. The van der Waals surface area contributed by atoms with Gasteiger partial charge in [-0.1, -0.05) is 18.2 Å². The van der Waals surface area contributed by atoms with Crippen molar-refractivity contribution in [2.75, 3.05) is 5.73 Å². The van der Waals surface area contributed by atoms with Gasteiger partial charge in [-0.05, 0) is 23.2 Å². The van der Waals surface area contributed by atoms with E-state index < -0.39 is 0 Å². The molecule has 6 nitrogen and oxygen atoms in total. The third-order valence-corrected chi connectivity index (χ3v) is 3.09. The molecule has 0 saturated carbocycles. The maximum absolute atomic E-state index is 10.8. The minimum atomic E-state index is 0.0818. The van der Waals surface area contributed by atoms with Gasteiger partial charge in [-0.15, -0.1) is 0 Å². The molecule has 3 aromatic rings. The molecular weight excluding hydrogens is 278 g/mol. The molecule has 2 N–H and O–H groups in total. The van der Waals surface area contributed by atoms with Crippen LogP contribution >= 0.6 is 11.6 Å². The van der Waals surface area contributed by atoms with E-state index in [1.165, 1.54) is 0 Å². The zero-order valence-corrected chi connectivity index (χ0v) is 11.1. The van der Waals surface area contributed by atoms with E-state index in [4.69, 9.17) is 17.3 Å². The molecule has 0 aliphatic heterocycles. The van der Waals surface area contributed by atoms with Crippen LogP contribution in [0.2, 0.25) is 5.28 Å². The zero-order valence-electron chi connectivity index (χ0n) is 10.3. The summed E-state index contributed by atoms with van der Waals surface area (Å²) in [5.41, 5.74) is 7.90. The molecular formula is C13H10ClN5O. The van der Waals surface area contributed by atoms with E-state index in [9.17, 15) is 4.79 Å². The number of anilines is 1. The number of nitrogens with two attached hydrogens (primary N) is 1. The van der Waals surface area contributed by atoms with Gasteiger partial charge in [-0.3, -0.25) is 4.79 Å². The Labute approximate surface area is 119 Å². The van der Waals surface area contributed by atoms with Gasteiger partial charge in [0.25, 0.3) is 0 Å². The van der Waals surface area contributed by atoms with Crippen molar-refractivity contribution in [2.45, 2.75) is 6.54 Å². The monoisotopic (exact) mass is 287 g/mol. The largest absolute Gasteiger partial charge is 0.383 e. The van der Waals surface area contributed by atoms with Gasteiger partial charge in [0.05, 0.1) is 18.1 Å². The smallest absolute Gasteiger partial charge is 0.226 e. The summed E-state index contributed by atoms with van der Waals surface area (Å²) >= 11 is 5.81. The van der Waals surface area contributed by atoms with Crippen molar-refractivity contribution < 1.29 is 4.79 Å². The number of fused-ring (bicyclic) bond motifs is 1. The lowest BCUT2D eigenvalue weighted by atomic mass is 10.1. The summed E-state index contributed by atoms with van der Waals surface area (Å²) in [5, 5.41) is 4.97. The Morgan fingerprint density at radius 2 is 2.20 bits per heavy atom. The van der Waals surface area contributed by atoms with Gasteiger partial charge in [-0.25, -0.2) is 9.67 Å². The molecule has 0 bridgehead atoms. The van der Waals surface area contributed by atoms with Crippen LogP contribution in [0.3, 0.4) is 0 Å². The number of rotatable bonds is 3. The average molecular weight is 288 g/mol. The Balaban J connectivity index is 2.04. The molecule has 7 heteroatoms. The quantitative estimate of drug-likeness (QED) is 0.587. The van der Waals surface area contributed by atoms with Crippen LogP contribution in [-0.4, -0.2) is 26.0 Å². The minimum absolute atomic E-state index is 0.0818. The second-order valence-corrected chi connectivity index (χ2v) is 4.62.